The van der Waals surface area contributed by atoms with Gasteiger partial charge in [-0.25, -0.2) is 4.98 Å². The van der Waals surface area contributed by atoms with E-state index >= 15 is 0 Å². The molecule has 1 heterocycles. The molecule has 0 radical (unpaired) electrons. The minimum absolute atomic E-state index is 0.725. The Hall–Kier alpha value is -0.410. The molecular weight excluding hydrogens is 216 g/mol. The number of hydrogen-bond donors (Lipinski definition) is 1. The zero-order valence-corrected chi connectivity index (χ0v) is 11.4. The molecule has 0 unspecified atom stereocenters. The highest BCUT2D eigenvalue weighted by molar-refractivity contribution is 7.11. The Balaban J connectivity index is 1.97. The van der Waals surface area contributed by atoms with Gasteiger partial charge >= 0.3 is 0 Å². The number of hydrogen-bond acceptors (Lipinski definition) is 3. The Bertz CT molecular complexity index is 340. The van der Waals surface area contributed by atoms with Crippen molar-refractivity contribution in [1.29, 1.82) is 0 Å². The lowest BCUT2D eigenvalue weighted by molar-refractivity contribution is 0.553. The third-order valence-corrected chi connectivity index (χ3v) is 4.09. The Labute approximate surface area is 102 Å². The van der Waals surface area contributed by atoms with Gasteiger partial charge in [-0.3, -0.25) is 0 Å². The third kappa shape index (κ3) is 3.05. The van der Waals surface area contributed by atoms with E-state index < -0.39 is 0 Å². The van der Waals surface area contributed by atoms with Gasteiger partial charge in [0.2, 0.25) is 0 Å². The van der Waals surface area contributed by atoms with E-state index in [-0.39, 0.29) is 0 Å². The summed E-state index contributed by atoms with van der Waals surface area (Å²) in [5.41, 5.74) is 1.40. The summed E-state index contributed by atoms with van der Waals surface area (Å²) in [6.45, 7) is 8.81. The highest BCUT2D eigenvalue weighted by Crippen LogP contribution is 2.42. The Morgan fingerprint density at radius 1 is 1.44 bits per heavy atom. The van der Waals surface area contributed by atoms with Crippen molar-refractivity contribution in [2.24, 2.45) is 5.92 Å². The van der Waals surface area contributed by atoms with Crippen LogP contribution >= 0.6 is 11.3 Å². The van der Waals surface area contributed by atoms with Crippen molar-refractivity contribution in [3.05, 3.63) is 15.6 Å². The average Bonchev–Trinajstić information content (AvgIpc) is 3.00. The molecule has 0 atom stereocenters. The van der Waals surface area contributed by atoms with Gasteiger partial charge in [-0.15, -0.1) is 11.3 Å². The fraction of sp³-hybridized carbons (Fsp3) is 0.769. The lowest BCUT2D eigenvalue weighted by Gasteiger charge is -2.06. The maximum absolute atomic E-state index is 4.77. The Morgan fingerprint density at radius 2 is 2.19 bits per heavy atom. The molecule has 0 aromatic carbocycles. The standard InChI is InChI=1S/C13H22N2S/c1-4-12-15-13(10-5-6-10)11(16-12)8-14-7-9(2)3/h9-10,14H,4-8H2,1-3H3. The van der Waals surface area contributed by atoms with E-state index in [0.717, 1.165) is 31.3 Å². The molecule has 2 nitrogen and oxygen atoms in total. The van der Waals surface area contributed by atoms with E-state index in [4.69, 9.17) is 4.98 Å². The van der Waals surface area contributed by atoms with E-state index in [1.54, 1.807) is 0 Å². The second-order valence-electron chi connectivity index (χ2n) is 5.07. The number of aromatic nitrogens is 1. The van der Waals surface area contributed by atoms with Crippen molar-refractivity contribution in [3.8, 4) is 0 Å². The fourth-order valence-electron chi connectivity index (χ4n) is 1.84. The van der Waals surface area contributed by atoms with Crippen LogP contribution in [0.25, 0.3) is 0 Å². The van der Waals surface area contributed by atoms with E-state index in [9.17, 15) is 0 Å². The molecule has 1 N–H and O–H groups in total. The van der Waals surface area contributed by atoms with Gasteiger partial charge in [0.25, 0.3) is 0 Å². The van der Waals surface area contributed by atoms with Crippen LogP contribution in [0, 0.1) is 5.92 Å². The number of nitrogens with one attached hydrogen (secondary N) is 1. The number of rotatable bonds is 6. The predicted octanol–water partition coefficient (Wildman–Crippen LogP) is 3.33. The second-order valence-corrected chi connectivity index (χ2v) is 6.24. The molecule has 0 spiro atoms. The smallest absolute Gasteiger partial charge is 0.0929 e. The summed E-state index contributed by atoms with van der Waals surface area (Å²) in [7, 11) is 0. The van der Waals surface area contributed by atoms with Gasteiger partial charge in [-0.1, -0.05) is 20.8 Å². The monoisotopic (exact) mass is 238 g/mol. The molecule has 1 aliphatic rings. The van der Waals surface area contributed by atoms with Crippen LogP contribution in [-0.4, -0.2) is 11.5 Å². The summed E-state index contributed by atoms with van der Waals surface area (Å²) in [6, 6.07) is 0. The van der Waals surface area contributed by atoms with Crippen molar-refractivity contribution in [2.75, 3.05) is 6.54 Å². The molecule has 1 aliphatic carbocycles. The van der Waals surface area contributed by atoms with Crippen LogP contribution in [0.2, 0.25) is 0 Å². The fourth-order valence-corrected chi connectivity index (χ4v) is 2.91. The molecule has 3 heteroatoms. The Morgan fingerprint density at radius 3 is 2.75 bits per heavy atom. The van der Waals surface area contributed by atoms with Crippen molar-refractivity contribution >= 4 is 11.3 Å². The molecule has 1 aromatic rings. The van der Waals surface area contributed by atoms with Crippen molar-refractivity contribution in [3.63, 3.8) is 0 Å². The summed E-state index contributed by atoms with van der Waals surface area (Å²) < 4.78 is 0. The first kappa shape index (κ1) is 12.1. The molecule has 1 fully saturated rings. The first-order valence-electron chi connectivity index (χ1n) is 6.39. The van der Waals surface area contributed by atoms with Crippen LogP contribution in [0.5, 0.6) is 0 Å². The Kier molecular flexibility index (Phi) is 3.98. The van der Waals surface area contributed by atoms with E-state index in [1.807, 2.05) is 11.3 Å². The maximum Gasteiger partial charge on any atom is 0.0929 e. The van der Waals surface area contributed by atoms with Crippen molar-refractivity contribution in [2.45, 2.75) is 52.5 Å². The normalized spacial score (nSPS) is 16.0. The minimum atomic E-state index is 0.725. The topological polar surface area (TPSA) is 24.9 Å². The number of thiazole rings is 1. The van der Waals surface area contributed by atoms with Crippen molar-refractivity contribution in [1.82, 2.24) is 10.3 Å². The zero-order valence-electron chi connectivity index (χ0n) is 10.5. The molecular formula is C13H22N2S. The molecule has 0 amide bonds. The molecule has 2 rings (SSSR count). The highest BCUT2D eigenvalue weighted by Gasteiger charge is 2.29. The number of aryl methyl sites for hydroxylation is 1. The third-order valence-electron chi connectivity index (χ3n) is 2.88. The molecule has 0 bridgehead atoms. The largest absolute Gasteiger partial charge is 0.312 e. The van der Waals surface area contributed by atoms with E-state index in [1.165, 1.54) is 28.4 Å². The average molecular weight is 238 g/mol. The summed E-state index contributed by atoms with van der Waals surface area (Å²) >= 11 is 1.91. The van der Waals surface area contributed by atoms with Gasteiger partial charge in [0.1, 0.15) is 0 Å². The molecule has 90 valence electrons. The van der Waals surface area contributed by atoms with E-state index in [0.29, 0.717) is 0 Å². The molecule has 0 aliphatic heterocycles. The first-order valence-corrected chi connectivity index (χ1v) is 7.21. The summed E-state index contributed by atoms with van der Waals surface area (Å²) in [5, 5.41) is 4.84. The SMILES string of the molecule is CCc1nc(C2CC2)c(CNCC(C)C)s1. The number of nitrogens with zero attached hydrogens (tertiary/aromatic N) is 1. The summed E-state index contributed by atoms with van der Waals surface area (Å²) in [6.07, 6.45) is 3.78. The molecule has 1 aromatic heterocycles. The molecule has 0 saturated heterocycles. The van der Waals surface area contributed by atoms with Crippen molar-refractivity contribution < 1.29 is 0 Å². The van der Waals surface area contributed by atoms with E-state index in [2.05, 4.69) is 26.1 Å². The summed E-state index contributed by atoms with van der Waals surface area (Å²) in [5.74, 6) is 1.51. The lowest BCUT2D eigenvalue weighted by Crippen LogP contribution is -2.18. The van der Waals surface area contributed by atoms with Crippen LogP contribution in [0.15, 0.2) is 0 Å². The van der Waals surface area contributed by atoms with Crippen LogP contribution < -0.4 is 5.32 Å². The lowest BCUT2D eigenvalue weighted by atomic mass is 10.2. The maximum atomic E-state index is 4.77. The van der Waals surface area contributed by atoms with Gasteiger partial charge < -0.3 is 5.32 Å². The molecule has 16 heavy (non-hydrogen) atoms. The van der Waals surface area contributed by atoms with Gasteiger partial charge in [0, 0.05) is 17.3 Å². The predicted molar refractivity (Wildman–Crippen MR) is 70.0 cm³/mol. The van der Waals surface area contributed by atoms with Gasteiger partial charge in [-0.2, -0.15) is 0 Å². The van der Waals surface area contributed by atoms with Crippen LogP contribution in [-0.2, 0) is 13.0 Å². The highest BCUT2D eigenvalue weighted by atomic mass is 32.1. The van der Waals surface area contributed by atoms with Crippen LogP contribution in [0.1, 0.15) is 55.1 Å². The molecule has 1 saturated carbocycles. The van der Waals surface area contributed by atoms with Gasteiger partial charge in [0.15, 0.2) is 0 Å². The van der Waals surface area contributed by atoms with Gasteiger partial charge in [0.05, 0.1) is 10.7 Å². The quantitative estimate of drug-likeness (QED) is 0.822. The van der Waals surface area contributed by atoms with Crippen LogP contribution in [0.3, 0.4) is 0 Å². The minimum Gasteiger partial charge on any atom is -0.312 e. The zero-order chi connectivity index (χ0) is 11.5. The van der Waals surface area contributed by atoms with Gasteiger partial charge in [-0.05, 0) is 31.7 Å². The second kappa shape index (κ2) is 5.28. The first-order chi connectivity index (χ1) is 7.70. The van der Waals surface area contributed by atoms with Crippen LogP contribution in [0.4, 0.5) is 0 Å². The summed E-state index contributed by atoms with van der Waals surface area (Å²) in [4.78, 5) is 6.25.